The summed E-state index contributed by atoms with van der Waals surface area (Å²) in [6, 6.07) is 1.94. The number of rotatable bonds is 2. The molecular formula is C7H10N2. The largest absolute Gasteiger partial charge is 0.278 e. The maximum absolute atomic E-state index is 3.80. The highest BCUT2D eigenvalue weighted by Gasteiger charge is 1.81. The molecule has 0 saturated carbocycles. The smallest absolute Gasteiger partial charge is 0.0574 e. The molecule has 48 valence electrons. The molecule has 0 saturated heterocycles. The van der Waals surface area contributed by atoms with E-state index in [-0.39, 0.29) is 0 Å². The van der Waals surface area contributed by atoms with Crippen LogP contribution in [0.15, 0.2) is 18.3 Å². The van der Waals surface area contributed by atoms with Gasteiger partial charge in [-0.2, -0.15) is 5.10 Å². The summed E-state index contributed by atoms with van der Waals surface area (Å²) in [5, 5.41) is 6.63. The summed E-state index contributed by atoms with van der Waals surface area (Å²) in [6.45, 7) is 2.10. The first-order valence-corrected chi connectivity index (χ1v) is 3.09. The van der Waals surface area contributed by atoms with Crippen LogP contribution < -0.4 is 0 Å². The molecule has 0 bridgehead atoms. The third kappa shape index (κ3) is 1.72. The van der Waals surface area contributed by atoms with Crippen LogP contribution in [-0.2, 0) is 0 Å². The van der Waals surface area contributed by atoms with Crippen molar-refractivity contribution in [3.63, 3.8) is 0 Å². The lowest BCUT2D eigenvalue weighted by Crippen LogP contribution is -1.68. The Labute approximate surface area is 54.6 Å². The second kappa shape index (κ2) is 3.07. The molecule has 1 aromatic rings. The van der Waals surface area contributed by atoms with E-state index >= 15 is 0 Å². The Kier molecular flexibility index (Phi) is 2.07. The first-order chi connectivity index (χ1) is 4.43. The van der Waals surface area contributed by atoms with Gasteiger partial charge in [0.1, 0.15) is 0 Å². The number of allylic oxidation sites excluding steroid dienone is 1. The second-order valence-corrected chi connectivity index (χ2v) is 1.82. The molecule has 0 spiro atoms. The van der Waals surface area contributed by atoms with Crippen LogP contribution in [0.1, 0.15) is 19.0 Å². The number of hydrogen-bond acceptors (Lipinski definition) is 1. The normalized spacial score (nSPS) is 10.8. The van der Waals surface area contributed by atoms with Gasteiger partial charge in [0.15, 0.2) is 0 Å². The van der Waals surface area contributed by atoms with Crippen molar-refractivity contribution in [3.05, 3.63) is 24.0 Å². The predicted octanol–water partition coefficient (Wildman–Crippen LogP) is 1.83. The van der Waals surface area contributed by atoms with E-state index in [0.29, 0.717) is 0 Å². The monoisotopic (exact) mass is 122 g/mol. The highest BCUT2D eigenvalue weighted by Crippen LogP contribution is 1.94. The third-order valence-corrected chi connectivity index (χ3v) is 1.06. The zero-order valence-corrected chi connectivity index (χ0v) is 5.46. The lowest BCUT2D eigenvalue weighted by Gasteiger charge is -1.79. The molecule has 0 aliphatic rings. The Morgan fingerprint density at radius 2 is 2.67 bits per heavy atom. The second-order valence-electron chi connectivity index (χ2n) is 1.82. The first kappa shape index (κ1) is 6.08. The van der Waals surface area contributed by atoms with Crippen molar-refractivity contribution in [2.24, 2.45) is 0 Å². The molecule has 0 atom stereocenters. The summed E-state index contributed by atoms with van der Waals surface area (Å²) in [7, 11) is 0. The fourth-order valence-electron chi connectivity index (χ4n) is 0.604. The topological polar surface area (TPSA) is 28.7 Å². The molecule has 0 fully saturated rings. The van der Waals surface area contributed by atoms with Gasteiger partial charge in [-0.3, -0.25) is 5.10 Å². The molecule has 2 heteroatoms. The van der Waals surface area contributed by atoms with Gasteiger partial charge in [0.25, 0.3) is 0 Å². The fraction of sp³-hybridized carbons (Fsp3) is 0.286. The van der Waals surface area contributed by atoms with Crippen LogP contribution in [-0.4, -0.2) is 10.2 Å². The van der Waals surface area contributed by atoms with E-state index in [2.05, 4.69) is 23.2 Å². The third-order valence-electron chi connectivity index (χ3n) is 1.06. The zero-order chi connectivity index (χ0) is 6.53. The van der Waals surface area contributed by atoms with Gasteiger partial charge in [-0.15, -0.1) is 0 Å². The molecule has 0 amide bonds. The minimum absolute atomic E-state index is 1.07. The highest BCUT2D eigenvalue weighted by atomic mass is 15.1. The Hall–Kier alpha value is -1.05. The van der Waals surface area contributed by atoms with Crippen LogP contribution in [0.3, 0.4) is 0 Å². The van der Waals surface area contributed by atoms with Gasteiger partial charge in [-0.25, -0.2) is 0 Å². The Bertz CT molecular complexity index is 175. The van der Waals surface area contributed by atoms with Gasteiger partial charge < -0.3 is 0 Å². The maximum Gasteiger partial charge on any atom is 0.0574 e. The zero-order valence-electron chi connectivity index (χ0n) is 5.46. The number of aromatic amines is 1. The van der Waals surface area contributed by atoms with E-state index in [1.165, 1.54) is 0 Å². The van der Waals surface area contributed by atoms with Crippen LogP contribution in [0.2, 0.25) is 0 Å². The molecule has 2 nitrogen and oxygen atoms in total. The van der Waals surface area contributed by atoms with Crippen molar-refractivity contribution >= 4 is 6.08 Å². The van der Waals surface area contributed by atoms with Crippen molar-refractivity contribution in [1.29, 1.82) is 0 Å². The van der Waals surface area contributed by atoms with Crippen LogP contribution in [0.5, 0.6) is 0 Å². The van der Waals surface area contributed by atoms with Gasteiger partial charge in [-0.05, 0) is 18.6 Å². The predicted molar refractivity (Wildman–Crippen MR) is 37.9 cm³/mol. The number of nitrogens with zero attached hydrogens (tertiary/aromatic N) is 1. The van der Waals surface area contributed by atoms with E-state index in [0.717, 1.165) is 12.1 Å². The van der Waals surface area contributed by atoms with Gasteiger partial charge >= 0.3 is 0 Å². The Balaban J connectivity index is 2.57. The number of hydrogen-bond donors (Lipinski definition) is 1. The van der Waals surface area contributed by atoms with E-state index < -0.39 is 0 Å². The molecule has 1 aromatic heterocycles. The van der Waals surface area contributed by atoms with Crippen molar-refractivity contribution in [2.75, 3.05) is 0 Å². The molecule has 1 rings (SSSR count). The summed E-state index contributed by atoms with van der Waals surface area (Å²) < 4.78 is 0. The van der Waals surface area contributed by atoms with Crippen LogP contribution in [0.25, 0.3) is 6.08 Å². The fourth-order valence-corrected chi connectivity index (χ4v) is 0.604. The summed E-state index contributed by atoms with van der Waals surface area (Å²) >= 11 is 0. The molecule has 0 unspecified atom stereocenters. The average molecular weight is 122 g/mol. The molecule has 9 heavy (non-hydrogen) atoms. The standard InChI is InChI=1S/C7H10N2/c1-2-3-4-7-5-6-8-9-7/h3-6H,2H2,1H3,(H,8,9)/b4-3+. The highest BCUT2D eigenvalue weighted by molar-refractivity contribution is 5.42. The SMILES string of the molecule is CC/C=C/c1ccn[nH]1. The summed E-state index contributed by atoms with van der Waals surface area (Å²) in [6.07, 6.45) is 6.93. The van der Waals surface area contributed by atoms with E-state index in [1.807, 2.05) is 12.1 Å². The van der Waals surface area contributed by atoms with Crippen LogP contribution in [0, 0.1) is 0 Å². The molecule has 0 aliphatic heterocycles. The maximum atomic E-state index is 3.80. The van der Waals surface area contributed by atoms with Crippen LogP contribution >= 0.6 is 0 Å². The molecular weight excluding hydrogens is 112 g/mol. The Morgan fingerprint density at radius 1 is 1.78 bits per heavy atom. The first-order valence-electron chi connectivity index (χ1n) is 3.09. The molecule has 1 heterocycles. The van der Waals surface area contributed by atoms with Crippen molar-refractivity contribution < 1.29 is 0 Å². The molecule has 0 aromatic carbocycles. The minimum atomic E-state index is 1.07. The molecule has 1 N–H and O–H groups in total. The van der Waals surface area contributed by atoms with Gasteiger partial charge in [0.05, 0.1) is 5.69 Å². The van der Waals surface area contributed by atoms with Crippen molar-refractivity contribution in [3.8, 4) is 0 Å². The number of aromatic nitrogens is 2. The number of H-pyrrole nitrogens is 1. The van der Waals surface area contributed by atoms with E-state index in [4.69, 9.17) is 0 Å². The quantitative estimate of drug-likeness (QED) is 0.637. The summed E-state index contributed by atoms with van der Waals surface area (Å²) in [5.74, 6) is 0. The Morgan fingerprint density at radius 3 is 3.22 bits per heavy atom. The molecule has 0 aliphatic carbocycles. The van der Waals surface area contributed by atoms with Crippen molar-refractivity contribution in [2.45, 2.75) is 13.3 Å². The van der Waals surface area contributed by atoms with Gasteiger partial charge in [0, 0.05) is 6.20 Å². The minimum Gasteiger partial charge on any atom is -0.278 e. The number of nitrogens with one attached hydrogen (secondary N) is 1. The molecule has 0 radical (unpaired) electrons. The van der Waals surface area contributed by atoms with Crippen LogP contribution in [0.4, 0.5) is 0 Å². The van der Waals surface area contributed by atoms with Gasteiger partial charge in [-0.1, -0.05) is 13.0 Å². The summed E-state index contributed by atoms with van der Waals surface area (Å²) in [4.78, 5) is 0. The average Bonchev–Trinajstić information content (AvgIpc) is 2.34. The van der Waals surface area contributed by atoms with E-state index in [9.17, 15) is 0 Å². The summed E-state index contributed by atoms with van der Waals surface area (Å²) in [5.41, 5.74) is 1.07. The van der Waals surface area contributed by atoms with Gasteiger partial charge in [0.2, 0.25) is 0 Å². The lowest BCUT2D eigenvalue weighted by atomic mass is 10.3. The van der Waals surface area contributed by atoms with Crippen molar-refractivity contribution in [1.82, 2.24) is 10.2 Å². The van der Waals surface area contributed by atoms with E-state index in [1.54, 1.807) is 6.20 Å². The lowest BCUT2D eigenvalue weighted by molar-refractivity contribution is 1.08.